The van der Waals surface area contributed by atoms with Crippen LogP contribution in [-0.4, -0.2) is 52.6 Å². The number of nitrogens with two attached hydrogens (primary N) is 1. The molecule has 2 aliphatic heterocycles. The maximum Gasteiger partial charge on any atom is 0.262 e. The highest BCUT2D eigenvalue weighted by Crippen LogP contribution is 2.45. The van der Waals surface area contributed by atoms with Gasteiger partial charge in [-0.2, -0.15) is 4.39 Å². The Bertz CT molecular complexity index is 1220. The van der Waals surface area contributed by atoms with Gasteiger partial charge in [0.1, 0.15) is 0 Å². The SMILES string of the molecule is CCC(=O)C1=CC([C@]2(c3cccc(-c4cccnc4F)c3)N=C(N)N(C)C2=O)CN1CC1CC1. The summed E-state index contributed by atoms with van der Waals surface area (Å²) in [5.41, 5.74) is 7.03. The number of hydrogen-bond donors (Lipinski definition) is 1. The van der Waals surface area contributed by atoms with Gasteiger partial charge < -0.3 is 10.6 Å². The lowest BCUT2D eigenvalue weighted by Crippen LogP contribution is -2.46. The van der Waals surface area contributed by atoms with Crippen LogP contribution in [0.15, 0.2) is 59.4 Å². The summed E-state index contributed by atoms with van der Waals surface area (Å²) in [7, 11) is 1.60. The number of Topliss-reactive ketones (excluding diaryl/α,β-unsaturated/α-hetero) is 1. The second-order valence-electron chi connectivity index (χ2n) is 9.31. The summed E-state index contributed by atoms with van der Waals surface area (Å²) in [6, 6.07) is 10.5. The Morgan fingerprint density at radius 2 is 2.06 bits per heavy atom. The Hall–Kier alpha value is -3.55. The first-order chi connectivity index (χ1) is 16.3. The molecule has 176 valence electrons. The minimum atomic E-state index is -1.33. The summed E-state index contributed by atoms with van der Waals surface area (Å²) in [6.07, 6.45) is 6.01. The summed E-state index contributed by atoms with van der Waals surface area (Å²) in [5.74, 6) is -0.470. The van der Waals surface area contributed by atoms with Gasteiger partial charge in [0, 0.05) is 44.2 Å². The number of carbonyl (C=O) groups excluding carboxylic acids is 2. The fraction of sp³-hybridized carbons (Fsp3) is 0.385. The van der Waals surface area contributed by atoms with Gasteiger partial charge in [-0.1, -0.05) is 25.1 Å². The Morgan fingerprint density at radius 1 is 1.26 bits per heavy atom. The minimum absolute atomic E-state index is 0.0558. The lowest BCUT2D eigenvalue weighted by molar-refractivity contribution is -0.132. The minimum Gasteiger partial charge on any atom is -0.369 e. The average Bonchev–Trinajstić information content (AvgIpc) is 3.52. The highest BCUT2D eigenvalue weighted by atomic mass is 19.1. The van der Waals surface area contributed by atoms with Crippen molar-refractivity contribution in [3.8, 4) is 11.1 Å². The zero-order chi connectivity index (χ0) is 24.0. The molecule has 1 amide bonds. The largest absolute Gasteiger partial charge is 0.369 e. The number of hydrogen-bond acceptors (Lipinski definition) is 6. The smallest absolute Gasteiger partial charge is 0.262 e. The third-order valence-corrected chi connectivity index (χ3v) is 7.07. The van der Waals surface area contributed by atoms with E-state index in [4.69, 9.17) is 10.7 Å². The molecule has 0 radical (unpaired) electrons. The van der Waals surface area contributed by atoms with E-state index in [1.807, 2.05) is 19.1 Å². The first-order valence-corrected chi connectivity index (χ1v) is 11.7. The van der Waals surface area contributed by atoms with Crippen molar-refractivity contribution in [3.05, 3.63) is 65.9 Å². The molecule has 2 aromatic rings. The molecule has 0 spiro atoms. The van der Waals surface area contributed by atoms with Gasteiger partial charge in [0.05, 0.1) is 5.70 Å². The van der Waals surface area contributed by atoms with Crippen molar-refractivity contribution in [2.24, 2.45) is 22.6 Å². The van der Waals surface area contributed by atoms with Crippen LogP contribution in [0.25, 0.3) is 11.1 Å². The number of amides is 1. The summed E-state index contributed by atoms with van der Waals surface area (Å²) in [6.45, 7) is 3.14. The molecule has 1 saturated carbocycles. The van der Waals surface area contributed by atoms with Gasteiger partial charge in [0.15, 0.2) is 17.3 Å². The number of carbonyl (C=O) groups is 2. The molecule has 1 aliphatic carbocycles. The Labute approximate surface area is 198 Å². The molecule has 2 atom stereocenters. The van der Waals surface area contributed by atoms with Crippen LogP contribution in [0.4, 0.5) is 4.39 Å². The highest BCUT2D eigenvalue weighted by Gasteiger charge is 2.55. The number of pyridine rings is 1. The van der Waals surface area contributed by atoms with E-state index in [1.54, 1.807) is 37.4 Å². The summed E-state index contributed by atoms with van der Waals surface area (Å²) < 4.78 is 14.5. The topological polar surface area (TPSA) is 91.9 Å². The monoisotopic (exact) mass is 461 g/mol. The molecule has 5 rings (SSSR count). The standard InChI is InChI=1S/C26H28FN5O2/c1-3-22(33)21-13-19(15-32(21)14-16-9-10-16)26(24(34)31(2)25(28)30-26)18-7-4-6-17(12-18)20-8-5-11-29-23(20)27/h4-8,11-13,16,19H,3,9-10,14-15H2,1-2H3,(H2,28,30)/t19?,26-/m0/s1. The Kier molecular flexibility index (Phi) is 5.46. The van der Waals surface area contributed by atoms with E-state index in [0.29, 0.717) is 41.3 Å². The number of aliphatic imine (C=N–C) groups is 1. The quantitative estimate of drug-likeness (QED) is 0.640. The Balaban J connectivity index is 1.63. The molecule has 2 N–H and O–H groups in total. The molecular weight excluding hydrogens is 433 g/mol. The van der Waals surface area contributed by atoms with Gasteiger partial charge >= 0.3 is 0 Å². The van der Waals surface area contributed by atoms with Crippen LogP contribution in [0.2, 0.25) is 0 Å². The highest BCUT2D eigenvalue weighted by molar-refractivity contribution is 6.07. The van der Waals surface area contributed by atoms with Crippen LogP contribution in [0, 0.1) is 17.8 Å². The van der Waals surface area contributed by atoms with Gasteiger partial charge in [-0.3, -0.25) is 14.5 Å². The summed E-state index contributed by atoms with van der Waals surface area (Å²) >= 11 is 0. The molecule has 34 heavy (non-hydrogen) atoms. The van der Waals surface area contributed by atoms with Crippen molar-refractivity contribution < 1.29 is 14.0 Å². The number of rotatable bonds is 7. The third-order valence-electron chi connectivity index (χ3n) is 7.07. The van der Waals surface area contributed by atoms with Crippen molar-refractivity contribution in [1.82, 2.24) is 14.8 Å². The number of ketones is 1. The van der Waals surface area contributed by atoms with Gasteiger partial charge in [-0.25, -0.2) is 9.98 Å². The molecule has 0 bridgehead atoms. The lowest BCUT2D eigenvalue weighted by Gasteiger charge is -2.32. The fourth-order valence-electron chi connectivity index (χ4n) is 5.00. The van der Waals surface area contributed by atoms with E-state index in [2.05, 4.69) is 9.88 Å². The van der Waals surface area contributed by atoms with Crippen molar-refractivity contribution in [1.29, 1.82) is 0 Å². The summed E-state index contributed by atoms with van der Waals surface area (Å²) in [4.78, 5) is 38.5. The number of likely N-dealkylation sites (N-methyl/N-ethyl adjacent to an activating group) is 1. The van der Waals surface area contributed by atoms with Crippen molar-refractivity contribution in [3.63, 3.8) is 0 Å². The molecule has 1 aromatic carbocycles. The number of nitrogens with zero attached hydrogens (tertiary/aromatic N) is 4. The third kappa shape index (κ3) is 3.57. The van der Waals surface area contributed by atoms with Crippen LogP contribution >= 0.6 is 0 Å². The molecule has 3 aliphatic rings. The second kappa shape index (κ2) is 8.34. The molecule has 1 unspecified atom stereocenters. The van der Waals surface area contributed by atoms with Crippen molar-refractivity contribution in [2.45, 2.75) is 31.7 Å². The van der Waals surface area contributed by atoms with Crippen molar-refractivity contribution in [2.75, 3.05) is 20.1 Å². The predicted octanol–water partition coefficient (Wildman–Crippen LogP) is 3.07. The lowest BCUT2D eigenvalue weighted by atomic mass is 9.77. The zero-order valence-electron chi connectivity index (χ0n) is 19.4. The number of guanidine groups is 1. The van der Waals surface area contributed by atoms with Gasteiger partial charge in [-0.05, 0) is 54.2 Å². The maximum atomic E-state index is 14.5. The van der Waals surface area contributed by atoms with Crippen LogP contribution < -0.4 is 5.73 Å². The number of halogens is 1. The number of allylic oxidation sites excluding steroid dienone is 1. The normalized spacial score (nSPS) is 24.4. The van der Waals surface area contributed by atoms with Crippen LogP contribution in [0.1, 0.15) is 31.7 Å². The molecule has 7 nitrogen and oxygen atoms in total. The first kappa shape index (κ1) is 22.3. The fourth-order valence-corrected chi connectivity index (χ4v) is 5.00. The second-order valence-corrected chi connectivity index (χ2v) is 9.31. The Morgan fingerprint density at radius 3 is 2.71 bits per heavy atom. The molecule has 0 saturated heterocycles. The number of benzene rings is 1. The van der Waals surface area contributed by atoms with Gasteiger partial charge in [0.2, 0.25) is 5.95 Å². The van der Waals surface area contributed by atoms with E-state index >= 15 is 0 Å². The van der Waals surface area contributed by atoms with Gasteiger partial charge in [0.25, 0.3) is 5.91 Å². The van der Waals surface area contributed by atoms with Crippen LogP contribution in [0.3, 0.4) is 0 Å². The van der Waals surface area contributed by atoms with Crippen LogP contribution in [-0.2, 0) is 15.1 Å². The predicted molar refractivity (Wildman–Crippen MR) is 127 cm³/mol. The molecule has 1 aromatic heterocycles. The van der Waals surface area contributed by atoms with E-state index in [0.717, 1.165) is 19.4 Å². The maximum absolute atomic E-state index is 14.5. The van der Waals surface area contributed by atoms with Gasteiger partial charge in [-0.15, -0.1) is 0 Å². The summed E-state index contributed by atoms with van der Waals surface area (Å²) in [5, 5.41) is 0. The van der Waals surface area contributed by atoms with Crippen LogP contribution in [0.5, 0.6) is 0 Å². The zero-order valence-corrected chi connectivity index (χ0v) is 19.4. The van der Waals surface area contributed by atoms with Crippen molar-refractivity contribution >= 4 is 17.6 Å². The number of aromatic nitrogens is 1. The molecule has 8 heteroatoms. The van der Waals surface area contributed by atoms with E-state index < -0.39 is 11.5 Å². The van der Waals surface area contributed by atoms with E-state index in [-0.39, 0.29) is 23.6 Å². The molecular formula is C26H28FN5O2. The first-order valence-electron chi connectivity index (χ1n) is 11.7. The average molecular weight is 462 g/mol. The van der Waals surface area contributed by atoms with E-state index in [1.165, 1.54) is 11.1 Å². The molecule has 3 heterocycles. The van der Waals surface area contributed by atoms with E-state index in [9.17, 15) is 14.0 Å². The molecule has 1 fully saturated rings.